The van der Waals surface area contributed by atoms with Crippen molar-refractivity contribution in [1.82, 2.24) is 0 Å². The molecule has 4 bridgehead atoms. The molecule has 4 aliphatic rings. The Morgan fingerprint density at radius 1 is 0.429 bits per heavy atom. The molecule has 6 rings (SSSR count). The molecule has 0 aromatic heterocycles. The van der Waals surface area contributed by atoms with Crippen LogP contribution < -0.4 is 0 Å². The zero-order valence-corrected chi connectivity index (χ0v) is 8.03. The Balaban J connectivity index is 2.19. The van der Waals surface area contributed by atoms with Gasteiger partial charge in [0.15, 0.2) is 0 Å². The van der Waals surface area contributed by atoms with E-state index in [0.717, 1.165) is 12.8 Å². The van der Waals surface area contributed by atoms with Crippen molar-refractivity contribution in [1.29, 1.82) is 0 Å². The van der Waals surface area contributed by atoms with Gasteiger partial charge in [0.05, 0.1) is 0 Å². The maximum Gasteiger partial charge on any atom is -0.00258 e. The van der Waals surface area contributed by atoms with E-state index in [1.165, 1.54) is 22.3 Å². The van der Waals surface area contributed by atoms with Crippen LogP contribution in [-0.2, 0) is 12.8 Å². The highest BCUT2D eigenvalue weighted by Gasteiger charge is 2.02. The van der Waals surface area contributed by atoms with Crippen LogP contribution in [-0.4, -0.2) is 0 Å². The molecule has 0 spiro atoms. The maximum absolute atomic E-state index is 2.24. The zero-order valence-electron chi connectivity index (χ0n) is 8.03. The highest BCUT2D eigenvalue weighted by atomic mass is 14.1. The largest absolute Gasteiger partial charge is 0.0584 e. The van der Waals surface area contributed by atoms with Gasteiger partial charge in [0.2, 0.25) is 0 Å². The van der Waals surface area contributed by atoms with Gasteiger partial charge in [-0.15, -0.1) is 0 Å². The Bertz CT molecular complexity index is 347. The summed E-state index contributed by atoms with van der Waals surface area (Å²) in [5.41, 5.74) is 5.62. The third kappa shape index (κ3) is 1.33. The van der Waals surface area contributed by atoms with Crippen molar-refractivity contribution >= 4 is 0 Å². The second kappa shape index (κ2) is 2.98. The minimum absolute atomic E-state index is 1.06. The Hall–Kier alpha value is -1.56. The molecule has 0 radical (unpaired) electrons. The quantitative estimate of drug-likeness (QED) is 0.498. The molecule has 0 saturated carbocycles. The molecule has 0 atom stereocenters. The van der Waals surface area contributed by atoms with E-state index in [2.05, 4.69) is 48.5 Å². The van der Waals surface area contributed by atoms with Crippen LogP contribution in [0.3, 0.4) is 0 Å². The normalized spacial score (nSPS) is 13.1. The van der Waals surface area contributed by atoms with Crippen molar-refractivity contribution < 1.29 is 0 Å². The summed E-state index contributed by atoms with van der Waals surface area (Å²) in [6.45, 7) is 0. The van der Waals surface area contributed by atoms with E-state index in [1.54, 1.807) is 0 Å². The number of rotatable bonds is 0. The van der Waals surface area contributed by atoms with E-state index in [-0.39, 0.29) is 0 Å². The molecule has 0 heteroatoms. The van der Waals surface area contributed by atoms with Crippen LogP contribution in [0, 0.1) is 0 Å². The molecule has 0 aliphatic heterocycles. The lowest BCUT2D eigenvalue weighted by atomic mass is 9.96. The fourth-order valence-electron chi connectivity index (χ4n) is 2.02. The highest BCUT2D eigenvalue weighted by Crippen LogP contribution is 2.17. The molecule has 0 amide bonds. The molecule has 0 saturated heterocycles. The van der Waals surface area contributed by atoms with Gasteiger partial charge < -0.3 is 0 Å². The van der Waals surface area contributed by atoms with Crippen molar-refractivity contribution in [2.45, 2.75) is 12.8 Å². The third-order valence-corrected chi connectivity index (χ3v) is 2.86. The zero-order chi connectivity index (χ0) is 9.38. The van der Waals surface area contributed by atoms with Crippen LogP contribution in [0.15, 0.2) is 48.5 Å². The molecular formula is C14H12. The minimum atomic E-state index is 1.06. The van der Waals surface area contributed by atoms with E-state index in [1.807, 2.05) is 0 Å². The van der Waals surface area contributed by atoms with E-state index in [9.17, 15) is 0 Å². The molecule has 68 valence electrons. The molecule has 0 N–H and O–H groups in total. The molecule has 0 nitrogen and oxygen atoms in total. The number of hydrogen-bond donors (Lipinski definition) is 0. The molecule has 2 aromatic rings. The van der Waals surface area contributed by atoms with Crippen LogP contribution in [0.5, 0.6) is 0 Å². The summed E-state index contributed by atoms with van der Waals surface area (Å²) in [6.07, 6.45) is 2.11. The predicted octanol–water partition coefficient (Wildman–Crippen LogP) is 3.18. The van der Waals surface area contributed by atoms with Gasteiger partial charge in [-0.2, -0.15) is 0 Å². The second-order valence-corrected chi connectivity index (χ2v) is 3.99. The monoisotopic (exact) mass is 180 g/mol. The van der Waals surface area contributed by atoms with Gasteiger partial charge in [-0.05, 0) is 35.1 Å². The summed E-state index contributed by atoms with van der Waals surface area (Å²) in [5, 5.41) is 0. The average molecular weight is 180 g/mol. The van der Waals surface area contributed by atoms with Gasteiger partial charge >= 0.3 is 0 Å². The Morgan fingerprint density at radius 3 is 0.857 bits per heavy atom. The van der Waals surface area contributed by atoms with Crippen molar-refractivity contribution in [3.8, 4) is 0 Å². The van der Waals surface area contributed by atoms with Crippen LogP contribution >= 0.6 is 0 Å². The van der Waals surface area contributed by atoms with Gasteiger partial charge in [0.25, 0.3) is 0 Å². The SMILES string of the molecule is c1cc2ccc1Cc1ccc(cc1)C2. The van der Waals surface area contributed by atoms with Gasteiger partial charge in [0, 0.05) is 0 Å². The first kappa shape index (κ1) is 7.81. The topological polar surface area (TPSA) is 0 Å². The van der Waals surface area contributed by atoms with Crippen LogP contribution in [0.2, 0.25) is 0 Å². The Labute approximate surface area is 84.2 Å². The first-order valence-electron chi connectivity index (χ1n) is 5.06. The lowest BCUT2D eigenvalue weighted by Crippen LogP contribution is -1.95. The molecule has 14 heavy (non-hydrogen) atoms. The highest BCUT2D eigenvalue weighted by molar-refractivity contribution is 5.35. The van der Waals surface area contributed by atoms with E-state index < -0.39 is 0 Å². The summed E-state index contributed by atoms with van der Waals surface area (Å²) in [7, 11) is 0. The average Bonchev–Trinajstić information content (AvgIpc) is 2.27. The summed E-state index contributed by atoms with van der Waals surface area (Å²) >= 11 is 0. The van der Waals surface area contributed by atoms with Gasteiger partial charge in [-0.3, -0.25) is 0 Å². The lowest BCUT2D eigenvalue weighted by molar-refractivity contribution is 1.12. The van der Waals surface area contributed by atoms with E-state index in [0.29, 0.717) is 0 Å². The molecular weight excluding hydrogens is 168 g/mol. The fourth-order valence-corrected chi connectivity index (χ4v) is 2.02. The number of hydrogen-bond acceptors (Lipinski definition) is 0. The smallest absolute Gasteiger partial charge is 0.00258 e. The molecule has 2 aromatic carbocycles. The Morgan fingerprint density at radius 2 is 0.643 bits per heavy atom. The van der Waals surface area contributed by atoms with E-state index in [4.69, 9.17) is 0 Å². The maximum atomic E-state index is 2.24. The lowest BCUT2D eigenvalue weighted by Gasteiger charge is -2.09. The van der Waals surface area contributed by atoms with Crippen LogP contribution in [0.4, 0.5) is 0 Å². The van der Waals surface area contributed by atoms with Gasteiger partial charge in [0.1, 0.15) is 0 Å². The molecule has 0 heterocycles. The first-order chi connectivity index (χ1) is 6.90. The van der Waals surface area contributed by atoms with Crippen molar-refractivity contribution in [3.05, 3.63) is 70.8 Å². The summed E-state index contributed by atoms with van der Waals surface area (Å²) in [4.78, 5) is 0. The van der Waals surface area contributed by atoms with E-state index >= 15 is 0 Å². The molecule has 4 aliphatic carbocycles. The summed E-state index contributed by atoms with van der Waals surface area (Å²) < 4.78 is 0. The predicted molar refractivity (Wildman–Crippen MR) is 58.5 cm³/mol. The molecule has 0 fully saturated rings. The first-order valence-corrected chi connectivity index (χ1v) is 5.06. The minimum Gasteiger partial charge on any atom is -0.0584 e. The molecule has 0 unspecified atom stereocenters. The van der Waals surface area contributed by atoms with Gasteiger partial charge in [-0.1, -0.05) is 48.5 Å². The fraction of sp³-hybridized carbons (Fsp3) is 0.143. The van der Waals surface area contributed by atoms with Crippen molar-refractivity contribution in [3.63, 3.8) is 0 Å². The summed E-state index contributed by atoms with van der Waals surface area (Å²) in [5.74, 6) is 0. The summed E-state index contributed by atoms with van der Waals surface area (Å²) in [6, 6.07) is 17.9. The van der Waals surface area contributed by atoms with Crippen LogP contribution in [0.1, 0.15) is 22.3 Å². The van der Waals surface area contributed by atoms with Crippen molar-refractivity contribution in [2.75, 3.05) is 0 Å². The van der Waals surface area contributed by atoms with Crippen molar-refractivity contribution in [2.24, 2.45) is 0 Å². The second-order valence-electron chi connectivity index (χ2n) is 3.99. The third-order valence-electron chi connectivity index (χ3n) is 2.86. The Kier molecular flexibility index (Phi) is 1.66. The van der Waals surface area contributed by atoms with Gasteiger partial charge in [-0.25, -0.2) is 0 Å². The number of benzene rings is 2. The standard InChI is InChI=1S/C14H12/c1-2-12-4-3-11(1)9-13-5-7-14(10-12)8-6-13/h1-8H,9-10H2. The van der Waals surface area contributed by atoms with Crippen LogP contribution in [0.25, 0.3) is 0 Å².